The molecule has 6 nitrogen and oxygen atoms in total. The van der Waals surface area contributed by atoms with Gasteiger partial charge in [0.15, 0.2) is 0 Å². The molecule has 2 heterocycles. The van der Waals surface area contributed by atoms with Crippen molar-refractivity contribution in [2.24, 2.45) is 11.8 Å². The molecule has 2 atom stereocenters. The summed E-state index contributed by atoms with van der Waals surface area (Å²) in [4.78, 5) is 36.8. The maximum atomic E-state index is 12.0. The summed E-state index contributed by atoms with van der Waals surface area (Å²) in [7, 11) is 0. The molecule has 0 aromatic rings. The van der Waals surface area contributed by atoms with Crippen molar-refractivity contribution >= 4 is 17.9 Å². The minimum absolute atomic E-state index is 0.207. The third kappa shape index (κ3) is 3.05. The van der Waals surface area contributed by atoms with Gasteiger partial charge in [-0.25, -0.2) is 4.79 Å². The summed E-state index contributed by atoms with van der Waals surface area (Å²) < 4.78 is 5.31. The van der Waals surface area contributed by atoms with Crippen LogP contribution in [0.1, 0.15) is 33.6 Å². The lowest BCUT2D eigenvalue weighted by atomic mass is 9.91. The van der Waals surface area contributed by atoms with Crippen molar-refractivity contribution in [1.82, 2.24) is 10.2 Å². The Morgan fingerprint density at radius 2 is 1.63 bits per heavy atom. The fraction of sp³-hybridized carbons (Fsp3) is 0.769. The molecule has 19 heavy (non-hydrogen) atoms. The topological polar surface area (TPSA) is 75.7 Å². The number of carbonyl (C=O) groups is 3. The lowest BCUT2D eigenvalue weighted by Crippen LogP contribution is -2.38. The quantitative estimate of drug-likeness (QED) is 0.662. The molecule has 0 aromatic heterocycles. The number of likely N-dealkylation sites (tertiary alicyclic amines) is 1. The number of hydrogen-bond donors (Lipinski definition) is 1. The molecule has 2 saturated heterocycles. The summed E-state index contributed by atoms with van der Waals surface area (Å²) in [6.45, 7) is 6.35. The van der Waals surface area contributed by atoms with Crippen LogP contribution < -0.4 is 5.32 Å². The molecule has 0 saturated carbocycles. The van der Waals surface area contributed by atoms with E-state index in [9.17, 15) is 14.4 Å². The number of rotatable bonds is 0. The third-order valence-electron chi connectivity index (χ3n) is 3.48. The van der Waals surface area contributed by atoms with Gasteiger partial charge in [-0.3, -0.25) is 14.9 Å². The Morgan fingerprint density at radius 3 is 2.05 bits per heavy atom. The number of carbonyl (C=O) groups excluding carboxylic acids is 3. The van der Waals surface area contributed by atoms with Gasteiger partial charge in [-0.05, 0) is 33.6 Å². The van der Waals surface area contributed by atoms with Crippen molar-refractivity contribution in [3.63, 3.8) is 0 Å². The Kier molecular flexibility index (Phi) is 3.52. The standard InChI is InChI=1S/C13H20N2O4/c1-13(2,3)19-12(18)15-6-4-8-9(5-7-15)11(17)14-10(8)16/h8-9H,4-7H2,1-3H3,(H,14,16,17)/t8-,9+. The van der Waals surface area contributed by atoms with Gasteiger partial charge in [-0.1, -0.05) is 0 Å². The molecular formula is C13H20N2O4. The molecule has 2 fully saturated rings. The van der Waals surface area contributed by atoms with E-state index in [4.69, 9.17) is 4.74 Å². The van der Waals surface area contributed by atoms with E-state index in [1.807, 2.05) is 20.8 Å². The number of nitrogens with one attached hydrogen (secondary N) is 1. The number of nitrogens with zero attached hydrogens (tertiary/aromatic N) is 1. The number of imide groups is 1. The first kappa shape index (κ1) is 13.8. The Morgan fingerprint density at radius 1 is 1.16 bits per heavy atom. The normalized spacial score (nSPS) is 27.6. The summed E-state index contributed by atoms with van der Waals surface area (Å²) in [6, 6.07) is 0. The lowest BCUT2D eigenvalue weighted by Gasteiger charge is -2.26. The van der Waals surface area contributed by atoms with E-state index in [1.165, 1.54) is 0 Å². The molecule has 0 bridgehead atoms. The Hall–Kier alpha value is -1.59. The molecule has 2 aliphatic heterocycles. The van der Waals surface area contributed by atoms with Gasteiger partial charge in [-0.15, -0.1) is 0 Å². The average Bonchev–Trinajstić information content (AvgIpc) is 2.48. The van der Waals surface area contributed by atoms with Crippen LogP contribution in [0.3, 0.4) is 0 Å². The number of hydrogen-bond acceptors (Lipinski definition) is 4. The van der Waals surface area contributed by atoms with Crippen molar-refractivity contribution in [1.29, 1.82) is 0 Å². The zero-order chi connectivity index (χ0) is 14.2. The molecule has 0 unspecified atom stereocenters. The average molecular weight is 268 g/mol. The molecule has 0 spiro atoms. The van der Waals surface area contributed by atoms with Gasteiger partial charge in [0.25, 0.3) is 0 Å². The smallest absolute Gasteiger partial charge is 0.410 e. The zero-order valence-electron chi connectivity index (χ0n) is 11.6. The highest BCUT2D eigenvalue weighted by Gasteiger charge is 2.43. The van der Waals surface area contributed by atoms with Crippen LogP contribution in [0, 0.1) is 11.8 Å². The SMILES string of the molecule is CC(C)(C)OC(=O)N1CC[C@@H]2C(=O)NC(=O)[C@@H]2CC1. The summed E-state index contributed by atoms with van der Waals surface area (Å²) in [5, 5.41) is 2.36. The van der Waals surface area contributed by atoms with E-state index in [1.54, 1.807) is 4.90 Å². The highest BCUT2D eigenvalue weighted by Crippen LogP contribution is 2.29. The summed E-state index contributed by atoms with van der Waals surface area (Å²) in [5.41, 5.74) is -0.535. The Labute approximate surface area is 112 Å². The van der Waals surface area contributed by atoms with Crippen LogP contribution in [0.5, 0.6) is 0 Å². The van der Waals surface area contributed by atoms with E-state index >= 15 is 0 Å². The van der Waals surface area contributed by atoms with E-state index in [2.05, 4.69) is 5.32 Å². The molecule has 0 aliphatic carbocycles. The van der Waals surface area contributed by atoms with Crippen LogP contribution in [0.2, 0.25) is 0 Å². The van der Waals surface area contributed by atoms with Crippen LogP contribution in [0.4, 0.5) is 4.79 Å². The van der Waals surface area contributed by atoms with Crippen LogP contribution in [0.25, 0.3) is 0 Å². The zero-order valence-corrected chi connectivity index (χ0v) is 11.6. The molecule has 2 aliphatic rings. The van der Waals surface area contributed by atoms with Gasteiger partial charge in [-0.2, -0.15) is 0 Å². The molecule has 6 heteroatoms. The van der Waals surface area contributed by atoms with E-state index in [0.29, 0.717) is 25.9 Å². The molecule has 0 aromatic carbocycles. The van der Waals surface area contributed by atoms with Gasteiger partial charge < -0.3 is 9.64 Å². The molecule has 2 rings (SSSR count). The molecular weight excluding hydrogens is 248 g/mol. The number of ether oxygens (including phenoxy) is 1. The molecule has 3 amide bonds. The largest absolute Gasteiger partial charge is 0.444 e. The monoisotopic (exact) mass is 268 g/mol. The second-order valence-corrected chi connectivity index (χ2v) is 6.11. The van der Waals surface area contributed by atoms with Crippen LogP contribution in [-0.4, -0.2) is 41.5 Å². The third-order valence-corrected chi connectivity index (χ3v) is 3.48. The predicted molar refractivity (Wildman–Crippen MR) is 67.2 cm³/mol. The van der Waals surface area contributed by atoms with Gasteiger partial charge in [0.1, 0.15) is 5.60 Å². The maximum absolute atomic E-state index is 12.0. The van der Waals surface area contributed by atoms with Crippen molar-refractivity contribution < 1.29 is 19.1 Å². The summed E-state index contributed by atoms with van der Waals surface area (Å²) in [5.74, 6) is -0.998. The molecule has 1 N–H and O–H groups in total. The summed E-state index contributed by atoms with van der Waals surface area (Å²) >= 11 is 0. The van der Waals surface area contributed by atoms with Gasteiger partial charge in [0.2, 0.25) is 11.8 Å². The summed E-state index contributed by atoms with van der Waals surface area (Å²) in [6.07, 6.45) is 0.656. The van der Waals surface area contributed by atoms with Crippen LogP contribution in [0.15, 0.2) is 0 Å². The van der Waals surface area contributed by atoms with Gasteiger partial charge >= 0.3 is 6.09 Å². The minimum Gasteiger partial charge on any atom is -0.444 e. The minimum atomic E-state index is -0.535. The van der Waals surface area contributed by atoms with Gasteiger partial charge in [0.05, 0.1) is 11.8 Å². The van der Waals surface area contributed by atoms with Crippen molar-refractivity contribution in [3.8, 4) is 0 Å². The fourth-order valence-corrected chi connectivity index (χ4v) is 2.55. The van der Waals surface area contributed by atoms with E-state index in [-0.39, 0.29) is 29.7 Å². The molecule has 106 valence electrons. The van der Waals surface area contributed by atoms with Crippen molar-refractivity contribution in [2.75, 3.05) is 13.1 Å². The van der Waals surface area contributed by atoms with Crippen LogP contribution >= 0.6 is 0 Å². The predicted octanol–water partition coefficient (Wildman–Crippen LogP) is 0.906. The van der Waals surface area contributed by atoms with Crippen LogP contribution in [-0.2, 0) is 14.3 Å². The molecule has 0 radical (unpaired) electrons. The fourth-order valence-electron chi connectivity index (χ4n) is 2.55. The van der Waals surface area contributed by atoms with E-state index in [0.717, 1.165) is 0 Å². The highest BCUT2D eigenvalue weighted by molar-refractivity contribution is 6.05. The Bertz CT molecular complexity index is 389. The first-order valence-corrected chi connectivity index (χ1v) is 6.60. The van der Waals surface area contributed by atoms with Crippen molar-refractivity contribution in [3.05, 3.63) is 0 Å². The van der Waals surface area contributed by atoms with E-state index < -0.39 is 5.60 Å². The second-order valence-electron chi connectivity index (χ2n) is 6.11. The van der Waals surface area contributed by atoms with Crippen molar-refractivity contribution in [2.45, 2.75) is 39.2 Å². The first-order valence-electron chi connectivity index (χ1n) is 6.60. The first-order chi connectivity index (χ1) is 8.78. The number of amides is 3. The second kappa shape index (κ2) is 4.83. The highest BCUT2D eigenvalue weighted by atomic mass is 16.6. The lowest BCUT2D eigenvalue weighted by molar-refractivity contribution is -0.126. The Balaban J connectivity index is 2.00. The van der Waals surface area contributed by atoms with Gasteiger partial charge in [0, 0.05) is 13.1 Å². The number of fused-ring (bicyclic) bond motifs is 1. The maximum Gasteiger partial charge on any atom is 0.410 e.